The number of aromatic nitrogens is 2. The molecule has 90 valence electrons. The van der Waals surface area contributed by atoms with Crippen LogP contribution in [0.3, 0.4) is 0 Å². The molecule has 0 fully saturated rings. The van der Waals surface area contributed by atoms with Crippen molar-refractivity contribution in [3.8, 4) is 0 Å². The van der Waals surface area contributed by atoms with Crippen LogP contribution in [0.1, 0.15) is 19.8 Å². The summed E-state index contributed by atoms with van der Waals surface area (Å²) in [7, 11) is 0. The Morgan fingerprint density at radius 2 is 2.38 bits per heavy atom. The van der Waals surface area contributed by atoms with Crippen LogP contribution in [0.4, 0.5) is 10.2 Å². The van der Waals surface area contributed by atoms with E-state index < -0.39 is 5.82 Å². The van der Waals surface area contributed by atoms with Crippen LogP contribution >= 0.6 is 11.6 Å². The van der Waals surface area contributed by atoms with Gasteiger partial charge >= 0.3 is 0 Å². The van der Waals surface area contributed by atoms with E-state index in [1.54, 1.807) is 0 Å². The van der Waals surface area contributed by atoms with Crippen molar-refractivity contribution in [1.82, 2.24) is 9.97 Å². The van der Waals surface area contributed by atoms with Crippen molar-refractivity contribution in [2.45, 2.75) is 19.8 Å². The Kier molecular flexibility index (Phi) is 5.42. The molecule has 0 aliphatic carbocycles. The number of rotatable bonds is 6. The smallest absolute Gasteiger partial charge is 0.224 e. The van der Waals surface area contributed by atoms with Crippen LogP contribution in [0.25, 0.3) is 0 Å². The topological polar surface area (TPSA) is 58.0 Å². The van der Waals surface area contributed by atoms with E-state index in [0.717, 1.165) is 19.0 Å². The van der Waals surface area contributed by atoms with Crippen molar-refractivity contribution in [1.29, 1.82) is 0 Å². The third kappa shape index (κ3) is 4.28. The SMILES string of the molecule is CC(CO)CCCNc1nc(Cl)ncc1F. The van der Waals surface area contributed by atoms with Gasteiger partial charge < -0.3 is 10.4 Å². The van der Waals surface area contributed by atoms with Crippen molar-refractivity contribution in [2.24, 2.45) is 5.92 Å². The van der Waals surface area contributed by atoms with E-state index in [9.17, 15) is 4.39 Å². The molecule has 0 amide bonds. The van der Waals surface area contributed by atoms with E-state index in [0.29, 0.717) is 6.54 Å². The van der Waals surface area contributed by atoms with Crippen molar-refractivity contribution >= 4 is 17.4 Å². The van der Waals surface area contributed by atoms with Crippen LogP contribution in [0, 0.1) is 11.7 Å². The van der Waals surface area contributed by atoms with Gasteiger partial charge in [0, 0.05) is 13.2 Å². The molecule has 1 heterocycles. The Labute approximate surface area is 98.9 Å². The van der Waals surface area contributed by atoms with Gasteiger partial charge in [0.1, 0.15) is 0 Å². The zero-order chi connectivity index (χ0) is 12.0. The Bertz CT molecular complexity index is 338. The highest BCUT2D eigenvalue weighted by atomic mass is 35.5. The van der Waals surface area contributed by atoms with Gasteiger partial charge in [0.05, 0.1) is 6.20 Å². The van der Waals surface area contributed by atoms with Crippen LogP contribution < -0.4 is 5.32 Å². The molecule has 0 radical (unpaired) electrons. The number of hydrogen-bond acceptors (Lipinski definition) is 4. The highest BCUT2D eigenvalue weighted by Gasteiger charge is 2.05. The van der Waals surface area contributed by atoms with Gasteiger partial charge in [-0.15, -0.1) is 0 Å². The van der Waals surface area contributed by atoms with Gasteiger partial charge in [-0.1, -0.05) is 6.92 Å². The molecule has 6 heteroatoms. The average molecular weight is 248 g/mol. The maximum atomic E-state index is 13.1. The Hall–Kier alpha value is -0.940. The fourth-order valence-electron chi connectivity index (χ4n) is 1.22. The number of aliphatic hydroxyl groups is 1. The molecule has 0 spiro atoms. The first kappa shape index (κ1) is 13.1. The Morgan fingerprint density at radius 3 is 3.06 bits per heavy atom. The quantitative estimate of drug-likeness (QED) is 0.597. The third-order valence-corrected chi connectivity index (χ3v) is 2.37. The maximum absolute atomic E-state index is 13.1. The molecule has 1 unspecified atom stereocenters. The van der Waals surface area contributed by atoms with Gasteiger partial charge in [-0.2, -0.15) is 4.98 Å². The van der Waals surface area contributed by atoms with Crippen molar-refractivity contribution in [3.63, 3.8) is 0 Å². The summed E-state index contributed by atoms with van der Waals surface area (Å²) in [6.07, 6.45) is 2.75. The molecule has 1 atom stereocenters. The Morgan fingerprint density at radius 1 is 1.62 bits per heavy atom. The largest absolute Gasteiger partial charge is 0.396 e. The van der Waals surface area contributed by atoms with E-state index in [1.165, 1.54) is 0 Å². The van der Waals surface area contributed by atoms with Gasteiger partial charge in [-0.3, -0.25) is 0 Å². The molecule has 0 aromatic carbocycles. The highest BCUT2D eigenvalue weighted by molar-refractivity contribution is 6.28. The fraction of sp³-hybridized carbons (Fsp3) is 0.600. The first-order valence-electron chi connectivity index (χ1n) is 5.16. The normalized spacial score (nSPS) is 12.5. The summed E-state index contributed by atoms with van der Waals surface area (Å²) in [5.41, 5.74) is 0. The lowest BCUT2D eigenvalue weighted by molar-refractivity contribution is 0.229. The predicted molar refractivity (Wildman–Crippen MR) is 61.0 cm³/mol. The molecule has 2 N–H and O–H groups in total. The summed E-state index contributed by atoms with van der Waals surface area (Å²) >= 11 is 5.54. The lowest BCUT2D eigenvalue weighted by atomic mass is 10.1. The second-order valence-corrected chi connectivity index (χ2v) is 4.03. The van der Waals surface area contributed by atoms with Gasteiger partial charge in [0.2, 0.25) is 5.28 Å². The molecule has 0 bridgehead atoms. The van der Waals surface area contributed by atoms with E-state index in [1.807, 2.05) is 6.92 Å². The lowest BCUT2D eigenvalue weighted by Crippen LogP contribution is -2.09. The molecule has 0 aliphatic rings. The minimum atomic E-state index is -0.514. The van der Waals surface area contributed by atoms with Crippen LogP contribution in [0.2, 0.25) is 5.28 Å². The molecule has 1 rings (SSSR count). The molecule has 4 nitrogen and oxygen atoms in total. The molecule has 0 saturated carbocycles. The lowest BCUT2D eigenvalue weighted by Gasteiger charge is -2.09. The predicted octanol–water partition coefficient (Wildman–Crippen LogP) is 2.09. The third-order valence-electron chi connectivity index (χ3n) is 2.19. The van der Waals surface area contributed by atoms with Crippen molar-refractivity contribution in [2.75, 3.05) is 18.5 Å². The van der Waals surface area contributed by atoms with Crippen molar-refractivity contribution in [3.05, 3.63) is 17.3 Å². The fourth-order valence-corrected chi connectivity index (χ4v) is 1.35. The molecular formula is C10H15ClFN3O. The number of hydrogen-bond donors (Lipinski definition) is 2. The number of halogens is 2. The van der Waals surface area contributed by atoms with Gasteiger partial charge in [-0.05, 0) is 30.4 Å². The zero-order valence-corrected chi connectivity index (χ0v) is 9.84. The first-order valence-corrected chi connectivity index (χ1v) is 5.54. The second kappa shape index (κ2) is 6.60. The monoisotopic (exact) mass is 247 g/mol. The number of aliphatic hydroxyl groups excluding tert-OH is 1. The van der Waals surface area contributed by atoms with E-state index in [-0.39, 0.29) is 23.6 Å². The minimum Gasteiger partial charge on any atom is -0.396 e. The van der Waals surface area contributed by atoms with E-state index in [4.69, 9.17) is 16.7 Å². The summed E-state index contributed by atoms with van der Waals surface area (Å²) in [6.45, 7) is 2.73. The van der Waals surface area contributed by atoms with E-state index >= 15 is 0 Å². The van der Waals surface area contributed by atoms with Crippen LogP contribution in [0.5, 0.6) is 0 Å². The molecule has 16 heavy (non-hydrogen) atoms. The molecular weight excluding hydrogens is 233 g/mol. The summed E-state index contributed by atoms with van der Waals surface area (Å²) in [6, 6.07) is 0. The minimum absolute atomic E-state index is 0.0210. The van der Waals surface area contributed by atoms with Crippen LogP contribution in [0.15, 0.2) is 6.20 Å². The maximum Gasteiger partial charge on any atom is 0.224 e. The number of anilines is 1. The second-order valence-electron chi connectivity index (χ2n) is 3.69. The molecule has 0 saturated heterocycles. The summed E-state index contributed by atoms with van der Waals surface area (Å²) < 4.78 is 13.1. The summed E-state index contributed by atoms with van der Waals surface area (Å²) in [4.78, 5) is 7.24. The Balaban J connectivity index is 2.34. The van der Waals surface area contributed by atoms with Crippen molar-refractivity contribution < 1.29 is 9.50 Å². The zero-order valence-electron chi connectivity index (χ0n) is 9.08. The standard InChI is InChI=1S/C10H15ClFN3O/c1-7(6-16)3-2-4-13-9-8(12)5-14-10(11)15-9/h5,7,16H,2-4,6H2,1H3,(H,13,14,15). The number of nitrogens with zero attached hydrogens (tertiary/aromatic N) is 2. The average Bonchev–Trinajstić information content (AvgIpc) is 2.28. The van der Waals surface area contributed by atoms with E-state index in [2.05, 4.69) is 15.3 Å². The summed E-state index contributed by atoms with van der Waals surface area (Å²) in [5, 5.41) is 11.7. The van der Waals surface area contributed by atoms with Crippen LogP contribution in [-0.4, -0.2) is 28.2 Å². The van der Waals surface area contributed by atoms with Gasteiger partial charge in [0.25, 0.3) is 0 Å². The summed E-state index contributed by atoms with van der Waals surface area (Å²) in [5.74, 6) is -0.128. The van der Waals surface area contributed by atoms with Gasteiger partial charge in [0.15, 0.2) is 11.6 Å². The first-order chi connectivity index (χ1) is 7.63. The molecule has 0 aliphatic heterocycles. The highest BCUT2D eigenvalue weighted by Crippen LogP contribution is 2.12. The van der Waals surface area contributed by atoms with Crippen LogP contribution in [-0.2, 0) is 0 Å². The van der Waals surface area contributed by atoms with Gasteiger partial charge in [-0.25, -0.2) is 9.37 Å². The molecule has 1 aromatic rings. The molecule has 1 aromatic heterocycles. The number of nitrogens with one attached hydrogen (secondary N) is 1.